The lowest BCUT2D eigenvalue weighted by atomic mass is 10.1. The molecule has 1 aromatic heterocycles. The lowest BCUT2D eigenvalue weighted by molar-refractivity contribution is 0.0431. The molecule has 0 aliphatic heterocycles. The van der Waals surface area contributed by atoms with Crippen molar-refractivity contribution in [3.63, 3.8) is 0 Å². The van der Waals surface area contributed by atoms with E-state index >= 15 is 0 Å². The van der Waals surface area contributed by atoms with Crippen LogP contribution in [0.15, 0.2) is 17.2 Å². The second-order valence-corrected chi connectivity index (χ2v) is 7.30. The van der Waals surface area contributed by atoms with Crippen LogP contribution in [0.3, 0.4) is 0 Å². The van der Waals surface area contributed by atoms with Crippen molar-refractivity contribution in [2.45, 2.75) is 50.5 Å². The van der Waals surface area contributed by atoms with Gasteiger partial charge in [-0.1, -0.05) is 20.3 Å². The van der Waals surface area contributed by atoms with Crippen LogP contribution in [0, 0.1) is 5.92 Å². The first kappa shape index (κ1) is 16.0. The molecule has 0 radical (unpaired) electrons. The predicted octanol–water partition coefficient (Wildman–Crippen LogP) is 2.06. The molecule has 0 bridgehead atoms. The van der Waals surface area contributed by atoms with E-state index in [9.17, 15) is 13.2 Å². The molecule has 2 rings (SSSR count). The van der Waals surface area contributed by atoms with Crippen molar-refractivity contribution in [3.8, 4) is 0 Å². The van der Waals surface area contributed by atoms with Crippen LogP contribution in [0.1, 0.15) is 56.1 Å². The van der Waals surface area contributed by atoms with Gasteiger partial charge in [0.25, 0.3) is 0 Å². The summed E-state index contributed by atoms with van der Waals surface area (Å²) in [5.41, 5.74) is 0.269. The first-order chi connectivity index (χ1) is 9.82. The summed E-state index contributed by atoms with van der Waals surface area (Å²) in [6.07, 6.45) is 5.32. The SMILES string of the molecule is CCCC(C)COC(=O)c1cc(S(N)(=O)=O)cn1C1CC1. The number of nitrogens with zero attached hydrogens (tertiary/aromatic N) is 1. The molecule has 1 fully saturated rings. The van der Waals surface area contributed by atoms with E-state index in [1.807, 2.05) is 6.92 Å². The summed E-state index contributed by atoms with van der Waals surface area (Å²) in [4.78, 5) is 12.1. The molecule has 118 valence electrons. The van der Waals surface area contributed by atoms with Crippen LogP contribution in [0.25, 0.3) is 0 Å². The van der Waals surface area contributed by atoms with Gasteiger partial charge in [0, 0.05) is 12.2 Å². The number of sulfonamides is 1. The van der Waals surface area contributed by atoms with E-state index in [-0.39, 0.29) is 16.6 Å². The lowest BCUT2D eigenvalue weighted by Crippen LogP contribution is -2.15. The average Bonchev–Trinajstić information content (AvgIpc) is 3.13. The van der Waals surface area contributed by atoms with Gasteiger partial charge in [-0.05, 0) is 31.2 Å². The highest BCUT2D eigenvalue weighted by molar-refractivity contribution is 7.89. The summed E-state index contributed by atoms with van der Waals surface area (Å²) in [7, 11) is -3.81. The van der Waals surface area contributed by atoms with E-state index < -0.39 is 16.0 Å². The molecule has 6 nitrogen and oxygen atoms in total. The van der Waals surface area contributed by atoms with Gasteiger partial charge in [-0.2, -0.15) is 0 Å². The van der Waals surface area contributed by atoms with Gasteiger partial charge >= 0.3 is 5.97 Å². The number of hydrogen-bond acceptors (Lipinski definition) is 4. The summed E-state index contributed by atoms with van der Waals surface area (Å²) in [5.74, 6) is -0.194. The van der Waals surface area contributed by atoms with E-state index in [4.69, 9.17) is 9.88 Å². The molecule has 21 heavy (non-hydrogen) atoms. The van der Waals surface area contributed by atoms with Gasteiger partial charge in [-0.15, -0.1) is 0 Å². The van der Waals surface area contributed by atoms with Gasteiger partial charge in [0.1, 0.15) is 10.6 Å². The van der Waals surface area contributed by atoms with E-state index in [1.54, 1.807) is 4.57 Å². The van der Waals surface area contributed by atoms with Crippen molar-refractivity contribution >= 4 is 16.0 Å². The maximum atomic E-state index is 12.2. The van der Waals surface area contributed by atoms with Gasteiger partial charge in [-0.3, -0.25) is 0 Å². The van der Waals surface area contributed by atoms with Crippen LogP contribution < -0.4 is 5.14 Å². The predicted molar refractivity (Wildman–Crippen MR) is 78.4 cm³/mol. The van der Waals surface area contributed by atoms with Crippen molar-refractivity contribution < 1.29 is 17.9 Å². The summed E-state index contributed by atoms with van der Waals surface area (Å²) in [6.45, 7) is 4.44. The van der Waals surface area contributed by atoms with Crippen LogP contribution in [0.4, 0.5) is 0 Å². The molecule has 1 atom stereocenters. The number of esters is 1. The Bertz CT molecular complexity index is 617. The number of rotatable bonds is 7. The fourth-order valence-corrected chi connectivity index (χ4v) is 2.83. The number of carbonyl (C=O) groups is 1. The Morgan fingerprint density at radius 2 is 2.19 bits per heavy atom. The van der Waals surface area contributed by atoms with Gasteiger partial charge in [0.05, 0.1) is 6.61 Å². The molecule has 1 aliphatic carbocycles. The van der Waals surface area contributed by atoms with E-state index in [0.717, 1.165) is 25.7 Å². The van der Waals surface area contributed by atoms with E-state index in [0.29, 0.717) is 12.5 Å². The Balaban J connectivity index is 2.14. The molecule has 0 spiro atoms. The number of ether oxygens (including phenoxy) is 1. The molecule has 1 heterocycles. The first-order valence-electron chi connectivity index (χ1n) is 7.24. The summed E-state index contributed by atoms with van der Waals surface area (Å²) in [5, 5.41) is 5.13. The minimum Gasteiger partial charge on any atom is -0.461 e. The van der Waals surface area contributed by atoms with Gasteiger partial charge in [0.15, 0.2) is 0 Å². The normalized spacial score (nSPS) is 16.7. The highest BCUT2D eigenvalue weighted by Crippen LogP contribution is 2.37. The van der Waals surface area contributed by atoms with E-state index in [1.165, 1.54) is 12.3 Å². The molecule has 7 heteroatoms. The zero-order valence-electron chi connectivity index (χ0n) is 12.4. The van der Waals surface area contributed by atoms with E-state index in [2.05, 4.69) is 6.92 Å². The van der Waals surface area contributed by atoms with Gasteiger partial charge in [-0.25, -0.2) is 18.4 Å². The summed E-state index contributed by atoms with van der Waals surface area (Å²) in [6, 6.07) is 1.48. The third kappa shape index (κ3) is 4.07. The maximum absolute atomic E-state index is 12.2. The van der Waals surface area contributed by atoms with Crippen LogP contribution in [-0.4, -0.2) is 25.6 Å². The fourth-order valence-electron chi connectivity index (χ4n) is 2.30. The summed E-state index contributed by atoms with van der Waals surface area (Å²) < 4.78 is 29.8. The Labute approximate surface area is 125 Å². The molecule has 0 aromatic carbocycles. The molecule has 1 saturated carbocycles. The number of carbonyl (C=O) groups excluding carboxylic acids is 1. The Morgan fingerprint density at radius 1 is 1.52 bits per heavy atom. The van der Waals surface area contributed by atoms with Crippen LogP contribution in [0.2, 0.25) is 0 Å². The number of aromatic nitrogens is 1. The van der Waals surface area contributed by atoms with Crippen molar-refractivity contribution in [1.29, 1.82) is 0 Å². The Hall–Kier alpha value is -1.34. The highest BCUT2D eigenvalue weighted by atomic mass is 32.2. The highest BCUT2D eigenvalue weighted by Gasteiger charge is 2.30. The largest absolute Gasteiger partial charge is 0.461 e. The number of primary sulfonamides is 1. The first-order valence-corrected chi connectivity index (χ1v) is 8.79. The third-order valence-corrected chi connectivity index (χ3v) is 4.46. The number of hydrogen-bond donors (Lipinski definition) is 1. The maximum Gasteiger partial charge on any atom is 0.355 e. The second kappa shape index (κ2) is 6.19. The molecule has 0 saturated heterocycles. The molecule has 1 aliphatic rings. The molecule has 0 amide bonds. The molecule has 2 N–H and O–H groups in total. The quantitative estimate of drug-likeness (QED) is 0.780. The fraction of sp³-hybridized carbons (Fsp3) is 0.643. The average molecular weight is 314 g/mol. The minimum atomic E-state index is -3.81. The summed E-state index contributed by atoms with van der Waals surface area (Å²) >= 11 is 0. The van der Waals surface area contributed by atoms with Crippen molar-refractivity contribution in [3.05, 3.63) is 18.0 Å². The van der Waals surface area contributed by atoms with Gasteiger partial charge in [0.2, 0.25) is 10.0 Å². The zero-order chi connectivity index (χ0) is 15.6. The van der Waals surface area contributed by atoms with Crippen molar-refractivity contribution in [1.82, 2.24) is 4.57 Å². The molecule has 1 unspecified atom stereocenters. The monoisotopic (exact) mass is 314 g/mol. The number of nitrogens with two attached hydrogens (primary N) is 1. The molecular formula is C14H22N2O4S. The second-order valence-electron chi connectivity index (χ2n) is 5.74. The van der Waals surface area contributed by atoms with Crippen molar-refractivity contribution in [2.24, 2.45) is 11.1 Å². The van der Waals surface area contributed by atoms with Crippen molar-refractivity contribution in [2.75, 3.05) is 6.61 Å². The standard InChI is InChI=1S/C14H22N2O4S/c1-3-4-10(2)9-20-14(17)13-7-12(21(15,18)19)8-16(13)11-5-6-11/h7-8,10-11H,3-6,9H2,1-2H3,(H2,15,18,19). The topological polar surface area (TPSA) is 91.4 Å². The van der Waals surface area contributed by atoms with Gasteiger partial charge < -0.3 is 9.30 Å². The Morgan fingerprint density at radius 3 is 2.71 bits per heavy atom. The van der Waals surface area contributed by atoms with Crippen LogP contribution in [-0.2, 0) is 14.8 Å². The minimum absolute atomic E-state index is 0.0389. The Kier molecular flexibility index (Phi) is 4.73. The zero-order valence-corrected chi connectivity index (χ0v) is 13.2. The third-order valence-electron chi connectivity index (χ3n) is 3.58. The lowest BCUT2D eigenvalue weighted by Gasteiger charge is -2.12. The smallest absolute Gasteiger partial charge is 0.355 e. The molecule has 1 aromatic rings. The van der Waals surface area contributed by atoms with Crippen LogP contribution >= 0.6 is 0 Å². The van der Waals surface area contributed by atoms with Crippen LogP contribution in [0.5, 0.6) is 0 Å². The molecular weight excluding hydrogens is 292 g/mol.